The van der Waals surface area contributed by atoms with Gasteiger partial charge in [0.25, 0.3) is 0 Å². The summed E-state index contributed by atoms with van der Waals surface area (Å²) >= 11 is 0. The third kappa shape index (κ3) is 3.89. The van der Waals surface area contributed by atoms with Gasteiger partial charge in [0.15, 0.2) is 0 Å². The fourth-order valence-corrected chi connectivity index (χ4v) is 4.20. The number of rotatable bonds is 7. The number of nitrogens with one attached hydrogen (secondary N) is 1. The molecule has 0 bridgehead atoms. The van der Waals surface area contributed by atoms with E-state index in [9.17, 15) is 9.59 Å². The molecular weight excluding hydrogens is 340 g/mol. The lowest BCUT2D eigenvalue weighted by molar-refractivity contribution is -0.141. The molecule has 2 aromatic rings. The number of nitrogens with zero attached hydrogens (tertiary/aromatic N) is 3. The van der Waals surface area contributed by atoms with Gasteiger partial charge in [0.2, 0.25) is 5.91 Å². The lowest BCUT2D eigenvalue weighted by Crippen LogP contribution is -2.51. The quantitative estimate of drug-likeness (QED) is 0.812. The van der Waals surface area contributed by atoms with Crippen LogP contribution < -0.4 is 5.32 Å². The Bertz CT molecular complexity index is 840. The molecule has 1 aromatic heterocycles. The van der Waals surface area contributed by atoms with Crippen LogP contribution in [0.2, 0.25) is 0 Å². The van der Waals surface area contributed by atoms with Gasteiger partial charge < -0.3 is 5.32 Å². The Balaban J connectivity index is 1.63. The molecule has 146 valence electrons. The third-order valence-electron chi connectivity index (χ3n) is 6.33. The van der Waals surface area contributed by atoms with Crippen LogP contribution in [0.3, 0.4) is 0 Å². The Morgan fingerprint density at radius 1 is 1.30 bits per heavy atom. The number of para-hydroxylation sites is 1. The molecule has 1 fully saturated rings. The number of ketones is 1. The van der Waals surface area contributed by atoms with Crippen molar-refractivity contribution in [3.05, 3.63) is 24.3 Å². The molecule has 0 aliphatic heterocycles. The summed E-state index contributed by atoms with van der Waals surface area (Å²) in [6, 6.07) is 7.82. The number of carbonyl (C=O) groups is 2. The van der Waals surface area contributed by atoms with Crippen LogP contribution in [0.25, 0.3) is 11.0 Å². The molecular formula is C21H30N4O2. The first kappa shape index (κ1) is 19.5. The highest BCUT2D eigenvalue weighted by Crippen LogP contribution is 2.53. The average molecular weight is 370 g/mol. The smallest absolute Gasteiger partial charge is 0.220 e. The standard InChI is InChI=1S/C21H30N4O2/c1-13(2)18(12-25-19-9-7-6-8-17(19)23-24-25)22-20(27)11-15-10-16(14(3)26)21(15,4)5/h6-9,13,15-16,18H,10-12H2,1-5H3,(H,22,27)/t15?,16?,18-/m1/s1. The van der Waals surface area contributed by atoms with Crippen molar-refractivity contribution < 1.29 is 9.59 Å². The molecule has 27 heavy (non-hydrogen) atoms. The maximum absolute atomic E-state index is 12.7. The van der Waals surface area contributed by atoms with Crippen molar-refractivity contribution in [3.8, 4) is 0 Å². The van der Waals surface area contributed by atoms with Crippen LogP contribution in [0.1, 0.15) is 47.5 Å². The number of amides is 1. The van der Waals surface area contributed by atoms with E-state index in [0.29, 0.717) is 13.0 Å². The molecule has 6 nitrogen and oxygen atoms in total. The van der Waals surface area contributed by atoms with Crippen LogP contribution in [0.15, 0.2) is 24.3 Å². The average Bonchev–Trinajstić information content (AvgIpc) is 3.00. The van der Waals surface area contributed by atoms with E-state index in [1.54, 1.807) is 6.92 Å². The van der Waals surface area contributed by atoms with Crippen LogP contribution in [0.5, 0.6) is 0 Å². The first-order chi connectivity index (χ1) is 12.7. The van der Waals surface area contributed by atoms with Crippen LogP contribution >= 0.6 is 0 Å². The molecule has 1 N–H and O–H groups in total. The zero-order valence-corrected chi connectivity index (χ0v) is 16.9. The van der Waals surface area contributed by atoms with Gasteiger partial charge in [-0.3, -0.25) is 9.59 Å². The number of benzene rings is 1. The fourth-order valence-electron chi connectivity index (χ4n) is 4.20. The van der Waals surface area contributed by atoms with Gasteiger partial charge in [0, 0.05) is 12.3 Å². The Labute approximate surface area is 160 Å². The normalized spacial score (nSPS) is 22.4. The van der Waals surface area contributed by atoms with E-state index in [2.05, 4.69) is 43.3 Å². The number of carbonyl (C=O) groups excluding carboxylic acids is 2. The number of hydrogen-bond donors (Lipinski definition) is 1. The summed E-state index contributed by atoms with van der Waals surface area (Å²) in [6.07, 6.45) is 1.29. The number of hydrogen-bond acceptors (Lipinski definition) is 4. The molecule has 1 amide bonds. The molecule has 1 aliphatic rings. The second-order valence-electron chi connectivity index (χ2n) is 8.80. The Hall–Kier alpha value is -2.24. The van der Waals surface area contributed by atoms with Crippen molar-refractivity contribution in [2.24, 2.45) is 23.2 Å². The predicted octanol–water partition coefficient (Wildman–Crippen LogP) is 3.21. The van der Waals surface area contributed by atoms with E-state index in [-0.39, 0.29) is 40.9 Å². The molecule has 0 saturated heterocycles. The molecule has 1 aromatic carbocycles. The minimum atomic E-state index is -0.0986. The largest absolute Gasteiger partial charge is 0.351 e. The molecule has 1 saturated carbocycles. The fraction of sp³-hybridized carbons (Fsp3) is 0.619. The molecule has 0 spiro atoms. The van der Waals surface area contributed by atoms with E-state index >= 15 is 0 Å². The Morgan fingerprint density at radius 2 is 2.00 bits per heavy atom. The molecule has 3 atom stereocenters. The van der Waals surface area contributed by atoms with Gasteiger partial charge in [-0.15, -0.1) is 5.10 Å². The molecule has 1 heterocycles. The highest BCUT2D eigenvalue weighted by molar-refractivity contribution is 5.81. The highest BCUT2D eigenvalue weighted by atomic mass is 16.1. The second-order valence-corrected chi connectivity index (χ2v) is 8.80. The second kappa shape index (κ2) is 7.41. The first-order valence-electron chi connectivity index (χ1n) is 9.78. The minimum Gasteiger partial charge on any atom is -0.351 e. The Morgan fingerprint density at radius 3 is 2.63 bits per heavy atom. The highest BCUT2D eigenvalue weighted by Gasteiger charge is 2.50. The summed E-state index contributed by atoms with van der Waals surface area (Å²) in [5, 5.41) is 11.6. The maximum Gasteiger partial charge on any atom is 0.220 e. The first-order valence-corrected chi connectivity index (χ1v) is 9.78. The van der Waals surface area contributed by atoms with E-state index in [4.69, 9.17) is 0 Å². The number of Topliss-reactive ketones (excluding diaryl/α,β-unsaturated/α-hetero) is 1. The molecule has 0 radical (unpaired) electrons. The number of fused-ring (bicyclic) bond motifs is 1. The van der Waals surface area contributed by atoms with Crippen molar-refractivity contribution in [1.29, 1.82) is 0 Å². The molecule has 2 unspecified atom stereocenters. The molecule has 6 heteroatoms. The van der Waals surface area contributed by atoms with Crippen molar-refractivity contribution in [1.82, 2.24) is 20.3 Å². The van der Waals surface area contributed by atoms with Gasteiger partial charge in [0.05, 0.1) is 18.1 Å². The number of aromatic nitrogens is 3. The van der Waals surface area contributed by atoms with Crippen molar-refractivity contribution >= 4 is 22.7 Å². The van der Waals surface area contributed by atoms with E-state index in [0.717, 1.165) is 17.5 Å². The van der Waals surface area contributed by atoms with Crippen LogP contribution in [-0.4, -0.2) is 32.7 Å². The molecule has 3 rings (SSSR count). The van der Waals surface area contributed by atoms with Gasteiger partial charge >= 0.3 is 0 Å². The van der Waals surface area contributed by atoms with Crippen molar-refractivity contribution in [2.75, 3.05) is 0 Å². The van der Waals surface area contributed by atoms with Gasteiger partial charge in [-0.05, 0) is 42.7 Å². The summed E-state index contributed by atoms with van der Waals surface area (Å²) in [6.45, 7) is 10.6. The summed E-state index contributed by atoms with van der Waals surface area (Å²) in [7, 11) is 0. The zero-order valence-electron chi connectivity index (χ0n) is 16.9. The van der Waals surface area contributed by atoms with Crippen molar-refractivity contribution in [2.45, 2.75) is 60.0 Å². The zero-order chi connectivity index (χ0) is 19.8. The van der Waals surface area contributed by atoms with Crippen LogP contribution in [0.4, 0.5) is 0 Å². The maximum atomic E-state index is 12.7. The lowest BCUT2D eigenvalue weighted by atomic mass is 9.52. The van der Waals surface area contributed by atoms with Gasteiger partial charge in [-0.1, -0.05) is 45.0 Å². The SMILES string of the molecule is CC(=O)C1CC(CC(=O)N[C@H](Cn2nnc3ccccc32)C(C)C)C1(C)C. The van der Waals surface area contributed by atoms with Gasteiger partial charge in [0.1, 0.15) is 11.3 Å². The van der Waals surface area contributed by atoms with Crippen molar-refractivity contribution in [3.63, 3.8) is 0 Å². The van der Waals surface area contributed by atoms with Gasteiger partial charge in [-0.2, -0.15) is 0 Å². The summed E-state index contributed by atoms with van der Waals surface area (Å²) < 4.78 is 1.86. The topological polar surface area (TPSA) is 76.9 Å². The van der Waals surface area contributed by atoms with Gasteiger partial charge in [-0.25, -0.2) is 4.68 Å². The Kier molecular flexibility index (Phi) is 5.36. The lowest BCUT2D eigenvalue weighted by Gasteiger charge is -2.51. The van der Waals surface area contributed by atoms with Crippen LogP contribution in [-0.2, 0) is 16.1 Å². The third-order valence-corrected chi connectivity index (χ3v) is 6.33. The molecule has 1 aliphatic carbocycles. The predicted molar refractivity (Wildman–Crippen MR) is 105 cm³/mol. The van der Waals surface area contributed by atoms with E-state index in [1.165, 1.54) is 0 Å². The van der Waals surface area contributed by atoms with E-state index in [1.807, 2.05) is 28.9 Å². The summed E-state index contributed by atoms with van der Waals surface area (Å²) in [4.78, 5) is 24.4. The summed E-state index contributed by atoms with van der Waals surface area (Å²) in [5.74, 6) is 0.897. The minimum absolute atomic E-state index is 0.0191. The monoisotopic (exact) mass is 370 g/mol. The van der Waals surface area contributed by atoms with Crippen LogP contribution in [0, 0.1) is 23.2 Å². The van der Waals surface area contributed by atoms with E-state index < -0.39 is 0 Å². The summed E-state index contributed by atoms with van der Waals surface area (Å²) in [5.41, 5.74) is 1.73.